The number of nitrogens with one attached hydrogen (secondary N) is 1. The molecule has 0 aromatic carbocycles. The van der Waals surface area contributed by atoms with Crippen LogP contribution in [0.15, 0.2) is 0 Å². The van der Waals surface area contributed by atoms with Gasteiger partial charge in [0.1, 0.15) is 0 Å². The first-order chi connectivity index (χ1) is 8.06. The molecule has 2 aliphatic carbocycles. The van der Waals surface area contributed by atoms with Crippen molar-refractivity contribution in [1.82, 2.24) is 10.2 Å². The number of aliphatic hydroxyl groups is 1. The molecule has 0 heterocycles. The highest BCUT2D eigenvalue weighted by Crippen LogP contribution is 2.34. The summed E-state index contributed by atoms with van der Waals surface area (Å²) in [5.74, 6) is 0. The Morgan fingerprint density at radius 2 is 1.47 bits per heavy atom. The molecule has 2 rings (SSSR count). The minimum absolute atomic E-state index is 0.342. The van der Waals surface area contributed by atoms with Gasteiger partial charge in [0, 0.05) is 18.6 Å². The molecule has 0 unspecified atom stereocenters. The van der Waals surface area contributed by atoms with Crippen LogP contribution in [0.4, 0.5) is 0 Å². The lowest BCUT2D eigenvalue weighted by Crippen LogP contribution is -2.52. The normalized spacial score (nSPS) is 26.8. The van der Waals surface area contributed by atoms with E-state index in [0.29, 0.717) is 5.54 Å². The van der Waals surface area contributed by atoms with Gasteiger partial charge < -0.3 is 15.3 Å². The molecule has 0 amide bonds. The van der Waals surface area contributed by atoms with E-state index in [1.54, 1.807) is 0 Å². The van der Waals surface area contributed by atoms with Crippen molar-refractivity contribution in [3.63, 3.8) is 0 Å². The van der Waals surface area contributed by atoms with Gasteiger partial charge in [0.25, 0.3) is 0 Å². The summed E-state index contributed by atoms with van der Waals surface area (Å²) in [6.45, 7) is 1.81. The third-order valence-electron chi connectivity index (χ3n) is 4.93. The first kappa shape index (κ1) is 13.3. The van der Waals surface area contributed by atoms with Crippen LogP contribution in [0.25, 0.3) is 0 Å². The maximum absolute atomic E-state index is 10.3. The summed E-state index contributed by atoms with van der Waals surface area (Å²) in [7, 11) is 4.38. The molecule has 2 fully saturated rings. The summed E-state index contributed by atoms with van der Waals surface area (Å²) < 4.78 is 0. The Morgan fingerprint density at radius 1 is 0.941 bits per heavy atom. The second-order valence-corrected chi connectivity index (χ2v) is 6.36. The average Bonchev–Trinajstić information content (AvgIpc) is 2.89. The Hall–Kier alpha value is -0.120. The van der Waals surface area contributed by atoms with Crippen LogP contribution in [-0.4, -0.2) is 48.3 Å². The second-order valence-electron chi connectivity index (χ2n) is 6.36. The minimum Gasteiger partial charge on any atom is -0.389 e. The molecule has 3 nitrogen and oxygen atoms in total. The van der Waals surface area contributed by atoms with Crippen LogP contribution in [0.5, 0.6) is 0 Å². The van der Waals surface area contributed by atoms with Crippen LogP contribution >= 0.6 is 0 Å². The van der Waals surface area contributed by atoms with Crippen LogP contribution in [-0.2, 0) is 0 Å². The molecule has 2 saturated carbocycles. The van der Waals surface area contributed by atoms with Gasteiger partial charge in [-0.1, -0.05) is 25.7 Å². The predicted octanol–water partition coefficient (Wildman–Crippen LogP) is 1.76. The standard InChI is InChI=1S/C14H28N2O/c1-16(2)13(7-3-4-8-13)11-15-12-14(17)9-5-6-10-14/h15,17H,3-12H2,1-2H3. The average molecular weight is 240 g/mol. The first-order valence-electron chi connectivity index (χ1n) is 7.17. The molecule has 0 aliphatic heterocycles. The lowest BCUT2D eigenvalue weighted by atomic mass is 9.95. The fourth-order valence-electron chi connectivity index (χ4n) is 3.55. The highest BCUT2D eigenvalue weighted by Gasteiger charge is 2.37. The van der Waals surface area contributed by atoms with Crippen molar-refractivity contribution in [1.29, 1.82) is 0 Å². The van der Waals surface area contributed by atoms with Gasteiger partial charge in [0.15, 0.2) is 0 Å². The molecule has 100 valence electrons. The molecule has 0 bridgehead atoms. The summed E-state index contributed by atoms with van der Waals surface area (Å²) in [5.41, 5.74) is -0.0684. The van der Waals surface area contributed by atoms with Crippen molar-refractivity contribution in [2.75, 3.05) is 27.2 Å². The predicted molar refractivity (Wildman–Crippen MR) is 71.2 cm³/mol. The summed E-state index contributed by atoms with van der Waals surface area (Å²) >= 11 is 0. The molecule has 0 aromatic heterocycles. The zero-order valence-corrected chi connectivity index (χ0v) is 11.5. The fourth-order valence-corrected chi connectivity index (χ4v) is 3.55. The molecule has 0 radical (unpaired) electrons. The van der Waals surface area contributed by atoms with Crippen LogP contribution in [0.3, 0.4) is 0 Å². The van der Waals surface area contributed by atoms with E-state index >= 15 is 0 Å². The Labute approximate surface area is 106 Å². The van der Waals surface area contributed by atoms with Gasteiger partial charge in [-0.25, -0.2) is 0 Å². The number of rotatable bonds is 5. The molecule has 0 saturated heterocycles. The number of likely N-dealkylation sites (N-methyl/N-ethyl adjacent to an activating group) is 1. The maximum atomic E-state index is 10.3. The van der Waals surface area contributed by atoms with E-state index in [4.69, 9.17) is 0 Å². The number of nitrogens with zero attached hydrogens (tertiary/aromatic N) is 1. The highest BCUT2D eigenvalue weighted by atomic mass is 16.3. The maximum Gasteiger partial charge on any atom is 0.0771 e. The Kier molecular flexibility index (Phi) is 4.11. The zero-order chi connectivity index (χ0) is 12.4. The van der Waals surface area contributed by atoms with E-state index in [0.717, 1.165) is 25.9 Å². The Morgan fingerprint density at radius 3 is 2.00 bits per heavy atom. The quantitative estimate of drug-likeness (QED) is 0.768. The van der Waals surface area contributed by atoms with E-state index in [2.05, 4.69) is 24.3 Å². The van der Waals surface area contributed by atoms with Gasteiger partial charge in [-0.15, -0.1) is 0 Å². The van der Waals surface area contributed by atoms with E-state index in [1.165, 1.54) is 38.5 Å². The van der Waals surface area contributed by atoms with Gasteiger partial charge in [0.2, 0.25) is 0 Å². The first-order valence-corrected chi connectivity index (χ1v) is 7.17. The van der Waals surface area contributed by atoms with Gasteiger partial charge in [-0.05, 0) is 39.8 Å². The van der Waals surface area contributed by atoms with E-state index in [9.17, 15) is 5.11 Å². The third-order valence-corrected chi connectivity index (χ3v) is 4.93. The minimum atomic E-state index is -0.411. The topological polar surface area (TPSA) is 35.5 Å². The molecule has 3 heteroatoms. The molecule has 17 heavy (non-hydrogen) atoms. The van der Waals surface area contributed by atoms with Crippen molar-refractivity contribution in [2.45, 2.75) is 62.5 Å². The summed E-state index contributed by atoms with van der Waals surface area (Å²) in [4.78, 5) is 2.38. The van der Waals surface area contributed by atoms with Crippen molar-refractivity contribution < 1.29 is 5.11 Å². The van der Waals surface area contributed by atoms with E-state index in [1.807, 2.05) is 0 Å². The van der Waals surface area contributed by atoms with Crippen molar-refractivity contribution >= 4 is 0 Å². The lowest BCUT2D eigenvalue weighted by molar-refractivity contribution is 0.0421. The molecule has 2 aliphatic rings. The van der Waals surface area contributed by atoms with E-state index < -0.39 is 5.60 Å². The molecular formula is C14H28N2O. The second kappa shape index (κ2) is 5.25. The van der Waals surface area contributed by atoms with Gasteiger partial charge >= 0.3 is 0 Å². The van der Waals surface area contributed by atoms with E-state index in [-0.39, 0.29) is 0 Å². The van der Waals surface area contributed by atoms with Gasteiger partial charge in [0.05, 0.1) is 5.60 Å². The molecule has 0 atom stereocenters. The highest BCUT2D eigenvalue weighted by molar-refractivity contribution is 4.96. The van der Waals surface area contributed by atoms with Crippen molar-refractivity contribution in [3.05, 3.63) is 0 Å². The monoisotopic (exact) mass is 240 g/mol. The van der Waals surface area contributed by atoms with Crippen LogP contribution < -0.4 is 5.32 Å². The fraction of sp³-hybridized carbons (Fsp3) is 1.00. The number of hydrogen-bond donors (Lipinski definition) is 2. The largest absolute Gasteiger partial charge is 0.389 e. The SMILES string of the molecule is CN(C)C1(CNCC2(O)CCCC2)CCCC1. The van der Waals surface area contributed by atoms with Gasteiger partial charge in [-0.3, -0.25) is 0 Å². The van der Waals surface area contributed by atoms with Crippen molar-refractivity contribution in [2.24, 2.45) is 0 Å². The smallest absolute Gasteiger partial charge is 0.0771 e. The lowest BCUT2D eigenvalue weighted by Gasteiger charge is -2.37. The summed E-state index contributed by atoms with van der Waals surface area (Å²) in [5, 5.41) is 13.9. The zero-order valence-electron chi connectivity index (χ0n) is 11.5. The van der Waals surface area contributed by atoms with Gasteiger partial charge in [-0.2, -0.15) is 0 Å². The molecule has 0 spiro atoms. The van der Waals surface area contributed by atoms with Crippen molar-refractivity contribution in [3.8, 4) is 0 Å². The van der Waals surface area contributed by atoms with Crippen LogP contribution in [0.2, 0.25) is 0 Å². The summed E-state index contributed by atoms with van der Waals surface area (Å²) in [6, 6.07) is 0. The molecule has 2 N–H and O–H groups in total. The molecule has 0 aromatic rings. The third kappa shape index (κ3) is 3.01. The summed E-state index contributed by atoms with van der Waals surface area (Å²) in [6.07, 6.45) is 9.64. The Balaban J connectivity index is 1.80. The number of hydrogen-bond acceptors (Lipinski definition) is 3. The van der Waals surface area contributed by atoms with Crippen LogP contribution in [0, 0.1) is 0 Å². The molecular weight excluding hydrogens is 212 g/mol. The van der Waals surface area contributed by atoms with Crippen LogP contribution in [0.1, 0.15) is 51.4 Å². The Bertz CT molecular complexity index is 241.